The Hall–Kier alpha value is -1.50. The van der Waals surface area contributed by atoms with E-state index >= 15 is 0 Å². The largest absolute Gasteiger partial charge is 0.480 e. The smallest absolute Gasteiger partial charge is 0.326 e. The average Bonchev–Trinajstić information content (AvgIpc) is 2.73. The van der Waals surface area contributed by atoms with Crippen molar-refractivity contribution >= 4 is 24.1 Å². The molecule has 0 saturated heterocycles. The maximum atomic E-state index is 10.7. The van der Waals surface area contributed by atoms with Gasteiger partial charge in [-0.25, -0.2) is 9.78 Å². The van der Waals surface area contributed by atoms with Crippen LogP contribution in [-0.2, 0) is 16.1 Å². The summed E-state index contributed by atoms with van der Waals surface area (Å²) in [5.41, 5.74) is 0. The van der Waals surface area contributed by atoms with Gasteiger partial charge >= 0.3 is 5.97 Å². The highest BCUT2D eigenvalue weighted by molar-refractivity contribution is 7.99. The van der Waals surface area contributed by atoms with Gasteiger partial charge in [0.05, 0.1) is 0 Å². The molecule has 0 saturated carbocycles. The van der Waals surface area contributed by atoms with Gasteiger partial charge in [0.25, 0.3) is 0 Å². The van der Waals surface area contributed by atoms with E-state index in [1.165, 1.54) is 0 Å². The highest BCUT2D eigenvalue weighted by atomic mass is 32.2. The number of nitrogens with one attached hydrogen (secondary N) is 1. The molecular formula is C11H17N3O3S. The maximum absolute atomic E-state index is 10.7. The average molecular weight is 271 g/mol. The second-order valence-corrected chi connectivity index (χ2v) is 4.97. The molecule has 0 spiro atoms. The molecule has 0 aliphatic carbocycles. The number of amides is 1. The lowest BCUT2D eigenvalue weighted by atomic mass is 10.2. The van der Waals surface area contributed by atoms with Crippen LogP contribution in [0.3, 0.4) is 0 Å². The molecule has 0 aliphatic rings. The van der Waals surface area contributed by atoms with Gasteiger partial charge in [-0.15, -0.1) is 0 Å². The van der Waals surface area contributed by atoms with Crippen molar-refractivity contribution in [1.29, 1.82) is 0 Å². The van der Waals surface area contributed by atoms with Crippen molar-refractivity contribution in [3.63, 3.8) is 0 Å². The van der Waals surface area contributed by atoms with Crippen molar-refractivity contribution in [3.05, 3.63) is 18.2 Å². The van der Waals surface area contributed by atoms with E-state index in [1.807, 2.05) is 17.7 Å². The van der Waals surface area contributed by atoms with Gasteiger partial charge in [-0.1, -0.05) is 0 Å². The summed E-state index contributed by atoms with van der Waals surface area (Å²) in [6.07, 6.45) is 4.54. The molecule has 1 rings (SSSR count). The number of nitrogens with zero attached hydrogens (tertiary/aromatic N) is 2. The van der Waals surface area contributed by atoms with E-state index in [0.717, 1.165) is 18.1 Å². The van der Waals surface area contributed by atoms with Gasteiger partial charge in [-0.05, 0) is 19.1 Å². The molecule has 7 heteroatoms. The van der Waals surface area contributed by atoms with Crippen molar-refractivity contribution in [2.45, 2.75) is 25.9 Å². The van der Waals surface area contributed by atoms with E-state index in [9.17, 15) is 9.59 Å². The fourth-order valence-corrected chi connectivity index (χ4v) is 2.40. The van der Waals surface area contributed by atoms with Gasteiger partial charge in [0.1, 0.15) is 11.9 Å². The first-order valence-electron chi connectivity index (χ1n) is 5.63. The molecule has 6 nitrogen and oxygen atoms in total. The van der Waals surface area contributed by atoms with E-state index in [4.69, 9.17) is 5.11 Å². The van der Waals surface area contributed by atoms with Gasteiger partial charge in [0.15, 0.2) is 0 Å². The molecule has 1 aromatic rings. The van der Waals surface area contributed by atoms with E-state index < -0.39 is 12.0 Å². The maximum Gasteiger partial charge on any atom is 0.326 e. The SMILES string of the molecule is Cc1nccn1CCSCCC(NC=O)C(=O)O. The Balaban J connectivity index is 2.16. The van der Waals surface area contributed by atoms with Gasteiger partial charge in [-0.3, -0.25) is 4.79 Å². The highest BCUT2D eigenvalue weighted by Gasteiger charge is 2.15. The lowest BCUT2D eigenvalue weighted by Gasteiger charge is -2.10. The molecule has 18 heavy (non-hydrogen) atoms. The molecular weight excluding hydrogens is 254 g/mol. The third kappa shape index (κ3) is 4.79. The number of carboxylic acids is 1. The minimum atomic E-state index is -0.992. The molecule has 0 aromatic carbocycles. The number of carboxylic acid groups (broad SMARTS) is 1. The van der Waals surface area contributed by atoms with E-state index in [0.29, 0.717) is 18.6 Å². The molecule has 0 radical (unpaired) electrons. The number of carbonyl (C=O) groups is 2. The summed E-state index contributed by atoms with van der Waals surface area (Å²) in [6.45, 7) is 2.80. The first-order chi connectivity index (χ1) is 8.65. The van der Waals surface area contributed by atoms with Crippen LogP contribution in [0.25, 0.3) is 0 Å². The van der Waals surface area contributed by atoms with Crippen molar-refractivity contribution in [3.8, 4) is 0 Å². The van der Waals surface area contributed by atoms with Gasteiger partial charge in [0, 0.05) is 24.7 Å². The monoisotopic (exact) mass is 271 g/mol. The number of hydrogen-bond acceptors (Lipinski definition) is 4. The van der Waals surface area contributed by atoms with Crippen LogP contribution in [-0.4, -0.2) is 44.6 Å². The second-order valence-electron chi connectivity index (χ2n) is 3.74. The zero-order valence-corrected chi connectivity index (χ0v) is 11.0. The van der Waals surface area contributed by atoms with Gasteiger partial charge < -0.3 is 15.0 Å². The minimum absolute atomic E-state index is 0.429. The third-order valence-corrected chi connectivity index (χ3v) is 3.51. The number of carbonyl (C=O) groups excluding carboxylic acids is 1. The summed E-state index contributed by atoms with van der Waals surface area (Å²) in [4.78, 5) is 25.1. The van der Waals surface area contributed by atoms with Crippen LogP contribution in [0.4, 0.5) is 0 Å². The number of rotatable bonds is 9. The lowest BCUT2D eigenvalue weighted by molar-refractivity contribution is -0.140. The normalized spacial score (nSPS) is 12.1. The Labute approximate surface area is 110 Å². The molecule has 0 bridgehead atoms. The molecule has 0 aliphatic heterocycles. The van der Waals surface area contributed by atoms with E-state index in [1.54, 1.807) is 18.0 Å². The summed E-state index contributed by atoms with van der Waals surface area (Å²) in [5.74, 6) is 1.57. The van der Waals surface area contributed by atoms with E-state index in [-0.39, 0.29) is 0 Å². The Bertz CT molecular complexity index is 395. The molecule has 2 N–H and O–H groups in total. The molecule has 1 atom stereocenters. The quantitative estimate of drug-likeness (QED) is 0.505. The predicted octanol–water partition coefficient (Wildman–Crippen LogP) is 0.514. The van der Waals surface area contributed by atoms with Crippen LogP contribution in [0.2, 0.25) is 0 Å². The van der Waals surface area contributed by atoms with Crippen LogP contribution in [0.5, 0.6) is 0 Å². The number of aromatic nitrogens is 2. The van der Waals surface area contributed by atoms with Crippen LogP contribution in [0.15, 0.2) is 12.4 Å². The van der Waals surface area contributed by atoms with E-state index in [2.05, 4.69) is 10.3 Å². The summed E-state index contributed by atoms with van der Waals surface area (Å²) in [5, 5.41) is 11.1. The minimum Gasteiger partial charge on any atom is -0.480 e. The Morgan fingerprint density at radius 3 is 3.00 bits per heavy atom. The van der Waals surface area contributed by atoms with Crippen molar-refractivity contribution < 1.29 is 14.7 Å². The first kappa shape index (κ1) is 14.6. The molecule has 1 amide bonds. The third-order valence-electron chi connectivity index (χ3n) is 2.52. The fourth-order valence-electron chi connectivity index (χ4n) is 1.47. The van der Waals surface area contributed by atoms with Crippen molar-refractivity contribution in [2.24, 2.45) is 0 Å². The summed E-state index contributed by atoms with van der Waals surface area (Å²) in [7, 11) is 0. The zero-order valence-electron chi connectivity index (χ0n) is 10.2. The predicted molar refractivity (Wildman–Crippen MR) is 69.5 cm³/mol. The summed E-state index contributed by atoms with van der Waals surface area (Å²) in [6, 6.07) is -0.787. The molecule has 1 heterocycles. The number of aliphatic carboxylic acids is 1. The Morgan fingerprint density at radius 2 is 2.44 bits per heavy atom. The number of aryl methyl sites for hydroxylation is 2. The first-order valence-corrected chi connectivity index (χ1v) is 6.78. The zero-order chi connectivity index (χ0) is 13.4. The Kier molecular flexibility index (Phi) is 6.27. The fraction of sp³-hybridized carbons (Fsp3) is 0.545. The topological polar surface area (TPSA) is 84.2 Å². The number of hydrogen-bond donors (Lipinski definition) is 2. The lowest BCUT2D eigenvalue weighted by Crippen LogP contribution is -2.36. The Morgan fingerprint density at radius 1 is 1.67 bits per heavy atom. The molecule has 0 fully saturated rings. The second kappa shape index (κ2) is 7.75. The highest BCUT2D eigenvalue weighted by Crippen LogP contribution is 2.07. The van der Waals surface area contributed by atoms with Crippen LogP contribution >= 0.6 is 11.8 Å². The van der Waals surface area contributed by atoms with Crippen molar-refractivity contribution in [2.75, 3.05) is 11.5 Å². The standard InChI is InChI=1S/C11H17N3O3S/c1-9-12-3-4-14(9)5-7-18-6-2-10(11(16)17)13-8-15/h3-4,8,10H,2,5-7H2,1H3,(H,13,15)(H,16,17). The molecule has 1 unspecified atom stereocenters. The van der Waals surface area contributed by atoms with Crippen LogP contribution in [0, 0.1) is 6.92 Å². The van der Waals surface area contributed by atoms with Crippen LogP contribution < -0.4 is 5.32 Å². The summed E-state index contributed by atoms with van der Waals surface area (Å²) < 4.78 is 2.05. The van der Waals surface area contributed by atoms with Gasteiger partial charge in [-0.2, -0.15) is 11.8 Å². The molecule has 1 aromatic heterocycles. The van der Waals surface area contributed by atoms with Crippen LogP contribution in [0.1, 0.15) is 12.2 Å². The number of thioether (sulfide) groups is 1. The van der Waals surface area contributed by atoms with Gasteiger partial charge in [0.2, 0.25) is 6.41 Å². The number of imidazole rings is 1. The summed E-state index contributed by atoms with van der Waals surface area (Å²) >= 11 is 1.66. The van der Waals surface area contributed by atoms with Crippen molar-refractivity contribution in [1.82, 2.24) is 14.9 Å². The molecule has 100 valence electrons.